The van der Waals surface area contributed by atoms with E-state index in [-0.39, 0.29) is 10.9 Å². The number of fused-ring (bicyclic) bond motifs is 1. The number of carbonyl (C=O) groups is 2. The highest BCUT2D eigenvalue weighted by Gasteiger charge is 2.39. The van der Waals surface area contributed by atoms with E-state index in [9.17, 15) is 9.59 Å². The minimum Gasteiger partial charge on any atom is -0.543 e. The number of hydrogen-bond donors (Lipinski definition) is 2. The fraction of sp³-hybridized carbons (Fsp3) is 0.526. The number of carbonyl (C=O) groups excluding carboxylic acids is 2. The topological polar surface area (TPSA) is 108 Å². The lowest BCUT2D eigenvalue weighted by molar-refractivity contribution is 0.0523. The molecule has 0 saturated carbocycles. The van der Waals surface area contributed by atoms with Crippen molar-refractivity contribution in [2.45, 2.75) is 65.3 Å². The lowest BCUT2D eigenvalue weighted by atomic mass is 10.2. The van der Waals surface area contributed by atoms with E-state index in [1.165, 1.54) is 0 Å². The summed E-state index contributed by atoms with van der Waals surface area (Å²) in [5.41, 5.74) is 5.00. The Balaban J connectivity index is 2.55. The number of anilines is 1. The quantitative estimate of drug-likeness (QED) is 0.719. The molecule has 154 valence electrons. The number of nitrogens with two attached hydrogens (primary N) is 1. The molecule has 0 unspecified atom stereocenters. The highest BCUT2D eigenvalue weighted by molar-refractivity contribution is 6.74. The van der Waals surface area contributed by atoms with E-state index >= 15 is 0 Å². The van der Waals surface area contributed by atoms with Gasteiger partial charge >= 0.3 is 12.1 Å². The van der Waals surface area contributed by atoms with E-state index in [0.717, 1.165) is 4.68 Å². The van der Waals surface area contributed by atoms with Gasteiger partial charge in [0.05, 0.1) is 5.52 Å². The summed E-state index contributed by atoms with van der Waals surface area (Å²) in [5.74, 6) is 0.821. The third-order valence-corrected chi connectivity index (χ3v) is 9.00. The van der Waals surface area contributed by atoms with Crippen LogP contribution in [-0.4, -0.2) is 35.8 Å². The van der Waals surface area contributed by atoms with Crippen LogP contribution in [0.15, 0.2) is 18.2 Å². The van der Waals surface area contributed by atoms with Gasteiger partial charge in [0.15, 0.2) is 5.82 Å². The van der Waals surface area contributed by atoms with Crippen LogP contribution in [0, 0.1) is 0 Å². The van der Waals surface area contributed by atoms with Crippen LogP contribution in [0.4, 0.5) is 15.4 Å². The maximum absolute atomic E-state index is 12.6. The second-order valence-corrected chi connectivity index (χ2v) is 14.0. The normalized spacial score (nSPS) is 12.7. The van der Waals surface area contributed by atoms with E-state index in [4.69, 9.17) is 14.9 Å². The second-order valence-electron chi connectivity index (χ2n) is 9.27. The zero-order valence-electron chi connectivity index (χ0n) is 17.8. The Labute approximate surface area is 166 Å². The van der Waals surface area contributed by atoms with E-state index in [2.05, 4.69) is 44.3 Å². The maximum atomic E-state index is 12.6. The number of urea groups is 1. The van der Waals surface area contributed by atoms with Crippen molar-refractivity contribution in [3.63, 3.8) is 0 Å². The van der Waals surface area contributed by atoms with Crippen molar-refractivity contribution < 1.29 is 18.8 Å². The monoisotopic (exact) mass is 406 g/mol. The smallest absolute Gasteiger partial charge is 0.435 e. The van der Waals surface area contributed by atoms with Crippen molar-refractivity contribution in [2.24, 2.45) is 5.73 Å². The minimum absolute atomic E-state index is 0.0199. The number of nitrogens with one attached hydrogen (secondary N) is 1. The number of benzene rings is 1. The van der Waals surface area contributed by atoms with Crippen LogP contribution in [0.25, 0.3) is 10.9 Å². The number of nitrogens with zero attached hydrogens (tertiary/aromatic N) is 2. The number of amides is 2. The Kier molecular flexibility index (Phi) is 5.53. The van der Waals surface area contributed by atoms with Gasteiger partial charge in [-0.3, -0.25) is 5.32 Å². The van der Waals surface area contributed by atoms with Crippen LogP contribution in [0.3, 0.4) is 0 Å². The third kappa shape index (κ3) is 4.83. The van der Waals surface area contributed by atoms with E-state index in [0.29, 0.717) is 16.7 Å². The average Bonchev–Trinajstić information content (AvgIpc) is 2.81. The Morgan fingerprint density at radius 1 is 1.14 bits per heavy atom. The summed E-state index contributed by atoms with van der Waals surface area (Å²) in [7, 11) is -2.07. The summed E-state index contributed by atoms with van der Waals surface area (Å²) in [4.78, 5) is 23.9. The van der Waals surface area contributed by atoms with Crippen molar-refractivity contribution in [1.29, 1.82) is 0 Å². The standard InChI is InChI=1S/C19H30N4O4Si/c1-18(2,3)26-17(25)23-14-11-12(27-28(7,8)19(4,5)6)9-10-13(14)15(22-23)21-16(20)24/h9-11H,1-8H3,(H3,20,21,22,24). The molecule has 2 rings (SSSR count). The van der Waals surface area contributed by atoms with Gasteiger partial charge < -0.3 is 14.9 Å². The molecule has 0 saturated heterocycles. The zero-order valence-corrected chi connectivity index (χ0v) is 18.8. The van der Waals surface area contributed by atoms with Crippen LogP contribution in [0.1, 0.15) is 41.5 Å². The van der Waals surface area contributed by atoms with Gasteiger partial charge in [-0.25, -0.2) is 9.59 Å². The van der Waals surface area contributed by atoms with Crippen molar-refractivity contribution in [3.05, 3.63) is 18.2 Å². The van der Waals surface area contributed by atoms with Crippen LogP contribution in [-0.2, 0) is 4.74 Å². The summed E-state index contributed by atoms with van der Waals surface area (Å²) < 4.78 is 12.9. The molecule has 1 heterocycles. The maximum Gasteiger partial charge on any atom is 0.435 e. The van der Waals surface area contributed by atoms with Crippen LogP contribution >= 0.6 is 0 Å². The predicted octanol–water partition coefficient (Wildman–Crippen LogP) is 4.69. The van der Waals surface area contributed by atoms with Gasteiger partial charge in [0.2, 0.25) is 8.32 Å². The molecule has 2 aromatic rings. The number of primary amides is 1. The van der Waals surface area contributed by atoms with Gasteiger partial charge in [0, 0.05) is 11.5 Å². The Morgan fingerprint density at radius 3 is 2.25 bits per heavy atom. The van der Waals surface area contributed by atoms with Crippen LogP contribution < -0.4 is 15.5 Å². The van der Waals surface area contributed by atoms with Crippen LogP contribution in [0.2, 0.25) is 18.1 Å². The summed E-state index contributed by atoms with van der Waals surface area (Å²) in [6, 6.07) is 4.52. The lowest BCUT2D eigenvalue weighted by Crippen LogP contribution is -2.43. The molecule has 9 heteroatoms. The predicted molar refractivity (Wildman–Crippen MR) is 112 cm³/mol. The van der Waals surface area contributed by atoms with E-state index < -0.39 is 26.0 Å². The van der Waals surface area contributed by atoms with Crippen molar-refractivity contribution >= 4 is 37.2 Å². The first-order valence-corrected chi connectivity index (χ1v) is 12.0. The molecule has 0 atom stereocenters. The van der Waals surface area contributed by atoms with Gasteiger partial charge in [-0.15, -0.1) is 5.10 Å². The molecular formula is C19H30N4O4Si. The minimum atomic E-state index is -2.07. The zero-order chi connectivity index (χ0) is 21.5. The first-order valence-electron chi connectivity index (χ1n) is 9.12. The highest BCUT2D eigenvalue weighted by Crippen LogP contribution is 2.38. The fourth-order valence-electron chi connectivity index (χ4n) is 2.26. The van der Waals surface area contributed by atoms with Crippen molar-refractivity contribution in [2.75, 3.05) is 5.32 Å². The third-order valence-electron chi connectivity index (χ3n) is 4.64. The molecule has 3 N–H and O–H groups in total. The van der Waals surface area contributed by atoms with Crippen LogP contribution in [0.5, 0.6) is 5.75 Å². The number of rotatable bonds is 3. The largest absolute Gasteiger partial charge is 0.543 e. The van der Waals surface area contributed by atoms with Gasteiger partial charge in [0.1, 0.15) is 11.4 Å². The van der Waals surface area contributed by atoms with Gasteiger partial charge in [0.25, 0.3) is 0 Å². The molecule has 0 aliphatic carbocycles. The number of hydrogen-bond acceptors (Lipinski definition) is 5. The molecular weight excluding hydrogens is 376 g/mol. The molecule has 1 aromatic carbocycles. The Hall–Kier alpha value is -2.55. The molecule has 28 heavy (non-hydrogen) atoms. The number of aromatic nitrogens is 2. The molecule has 0 spiro atoms. The van der Waals surface area contributed by atoms with Gasteiger partial charge in [-0.2, -0.15) is 4.68 Å². The summed E-state index contributed by atoms with van der Waals surface area (Å²) in [5, 5.41) is 7.21. The molecule has 2 amide bonds. The molecule has 0 radical (unpaired) electrons. The van der Waals surface area contributed by atoms with E-state index in [1.54, 1.807) is 39.0 Å². The summed E-state index contributed by atoms with van der Waals surface area (Å²) in [6.07, 6.45) is -0.653. The fourth-order valence-corrected chi connectivity index (χ4v) is 3.28. The first kappa shape index (κ1) is 21.7. The van der Waals surface area contributed by atoms with Crippen molar-refractivity contribution in [3.8, 4) is 5.75 Å². The summed E-state index contributed by atoms with van der Waals surface area (Å²) >= 11 is 0. The van der Waals surface area contributed by atoms with Crippen molar-refractivity contribution in [1.82, 2.24) is 9.78 Å². The van der Waals surface area contributed by atoms with E-state index in [1.807, 2.05) is 0 Å². The molecule has 0 aliphatic rings. The molecule has 8 nitrogen and oxygen atoms in total. The average molecular weight is 407 g/mol. The Morgan fingerprint density at radius 2 is 1.75 bits per heavy atom. The molecule has 0 fully saturated rings. The second kappa shape index (κ2) is 7.12. The molecule has 1 aromatic heterocycles. The highest BCUT2D eigenvalue weighted by atomic mass is 28.4. The first-order chi connectivity index (χ1) is 12.6. The SMILES string of the molecule is CC(C)(C)OC(=O)n1nc(NC(N)=O)c2ccc(O[Si](C)(C)C(C)(C)C)cc21. The molecule has 0 aliphatic heterocycles. The van der Waals surface area contributed by atoms with Gasteiger partial charge in [-0.05, 0) is 51.0 Å². The van der Waals surface area contributed by atoms with Gasteiger partial charge in [-0.1, -0.05) is 20.8 Å². The number of ether oxygens (including phenoxy) is 1. The summed E-state index contributed by atoms with van der Waals surface area (Å²) in [6.45, 7) is 16.0. The Bertz CT molecular complexity index is 907. The lowest BCUT2D eigenvalue weighted by Gasteiger charge is -2.36. The molecule has 0 bridgehead atoms.